The van der Waals surface area contributed by atoms with Crippen molar-refractivity contribution in [2.45, 2.75) is 46.2 Å². The summed E-state index contributed by atoms with van der Waals surface area (Å²) in [5.74, 6) is -0.0817. The first-order chi connectivity index (χ1) is 12.9. The summed E-state index contributed by atoms with van der Waals surface area (Å²) in [5, 5.41) is 7.99. The third-order valence-corrected chi connectivity index (χ3v) is 4.89. The molecule has 1 aromatic carbocycles. The molecule has 0 saturated carbocycles. The average Bonchev–Trinajstić information content (AvgIpc) is 2.87. The van der Waals surface area contributed by atoms with Gasteiger partial charge < -0.3 is 5.32 Å². The SMILES string of the molecule is Cc1nn(C)c(C)c1C[C@H](C)NC(=O)CCn1cnc2ccccc2c1=O. The third-order valence-electron chi connectivity index (χ3n) is 4.89. The first-order valence-corrected chi connectivity index (χ1v) is 9.09. The fourth-order valence-corrected chi connectivity index (χ4v) is 3.30. The second kappa shape index (κ2) is 7.73. The molecule has 1 atom stereocenters. The molecule has 0 aliphatic rings. The van der Waals surface area contributed by atoms with E-state index < -0.39 is 0 Å². The van der Waals surface area contributed by atoms with Crippen LogP contribution in [0, 0.1) is 13.8 Å². The van der Waals surface area contributed by atoms with Crippen LogP contribution in [0.3, 0.4) is 0 Å². The van der Waals surface area contributed by atoms with Gasteiger partial charge in [-0.05, 0) is 44.9 Å². The van der Waals surface area contributed by atoms with Crippen LogP contribution in [0.5, 0.6) is 0 Å². The predicted octanol–water partition coefficient (Wildman–Crippen LogP) is 1.88. The van der Waals surface area contributed by atoms with Crippen LogP contribution in [0.2, 0.25) is 0 Å². The quantitative estimate of drug-likeness (QED) is 0.721. The van der Waals surface area contributed by atoms with E-state index in [1.54, 1.807) is 12.1 Å². The van der Waals surface area contributed by atoms with E-state index in [4.69, 9.17) is 0 Å². The third kappa shape index (κ3) is 4.07. The monoisotopic (exact) mass is 367 g/mol. The number of amides is 1. The van der Waals surface area contributed by atoms with E-state index in [2.05, 4.69) is 15.4 Å². The maximum atomic E-state index is 12.5. The molecule has 1 amide bonds. The van der Waals surface area contributed by atoms with Gasteiger partial charge in [-0.1, -0.05) is 12.1 Å². The largest absolute Gasteiger partial charge is 0.353 e. The van der Waals surface area contributed by atoms with Gasteiger partial charge in [0, 0.05) is 31.7 Å². The number of aromatic nitrogens is 4. The Morgan fingerprint density at radius 2 is 2.00 bits per heavy atom. The van der Waals surface area contributed by atoms with E-state index in [1.807, 2.05) is 44.6 Å². The van der Waals surface area contributed by atoms with Crippen molar-refractivity contribution in [3.05, 3.63) is 57.9 Å². The minimum absolute atomic E-state index is 0.00875. The zero-order valence-electron chi connectivity index (χ0n) is 16.2. The number of aryl methyl sites for hydroxylation is 3. The topological polar surface area (TPSA) is 81.8 Å². The van der Waals surface area contributed by atoms with E-state index in [9.17, 15) is 9.59 Å². The van der Waals surface area contributed by atoms with E-state index in [0.717, 1.165) is 17.8 Å². The zero-order chi connectivity index (χ0) is 19.6. The van der Waals surface area contributed by atoms with Crippen molar-refractivity contribution in [2.75, 3.05) is 0 Å². The average molecular weight is 367 g/mol. The number of para-hydroxylation sites is 1. The van der Waals surface area contributed by atoms with Gasteiger partial charge in [0.15, 0.2) is 0 Å². The Labute approximate surface area is 158 Å². The molecule has 7 heteroatoms. The molecule has 27 heavy (non-hydrogen) atoms. The number of benzene rings is 1. The Balaban J connectivity index is 1.60. The number of carbonyl (C=O) groups is 1. The molecular weight excluding hydrogens is 342 g/mol. The minimum Gasteiger partial charge on any atom is -0.353 e. The molecule has 3 aromatic rings. The summed E-state index contributed by atoms with van der Waals surface area (Å²) in [6.45, 7) is 6.30. The van der Waals surface area contributed by atoms with Crippen molar-refractivity contribution in [3.63, 3.8) is 0 Å². The van der Waals surface area contributed by atoms with Crippen LogP contribution < -0.4 is 10.9 Å². The molecule has 0 fully saturated rings. The normalized spacial score (nSPS) is 12.3. The Bertz CT molecular complexity index is 1030. The Kier molecular flexibility index (Phi) is 5.39. The molecule has 2 heterocycles. The van der Waals surface area contributed by atoms with Gasteiger partial charge in [-0.2, -0.15) is 5.10 Å². The molecule has 0 spiro atoms. The fourth-order valence-electron chi connectivity index (χ4n) is 3.30. The molecule has 0 unspecified atom stereocenters. The van der Waals surface area contributed by atoms with Gasteiger partial charge in [0.05, 0.1) is 22.9 Å². The standard InChI is InChI=1S/C20H25N5O2/c1-13(11-17-14(2)23-24(4)15(17)3)22-19(26)9-10-25-12-21-18-8-6-5-7-16(18)20(25)27/h5-8,12-13H,9-11H2,1-4H3,(H,22,26)/t13-/m0/s1. The van der Waals surface area contributed by atoms with Gasteiger partial charge in [0.2, 0.25) is 5.91 Å². The molecule has 0 bridgehead atoms. The van der Waals surface area contributed by atoms with Crippen LogP contribution in [0.25, 0.3) is 10.9 Å². The van der Waals surface area contributed by atoms with Crippen LogP contribution >= 0.6 is 0 Å². The highest BCUT2D eigenvalue weighted by Crippen LogP contribution is 2.14. The van der Waals surface area contributed by atoms with Crippen molar-refractivity contribution < 1.29 is 4.79 Å². The Morgan fingerprint density at radius 3 is 2.70 bits per heavy atom. The molecule has 1 N–H and O–H groups in total. The molecule has 0 saturated heterocycles. The van der Waals surface area contributed by atoms with Gasteiger partial charge in [-0.3, -0.25) is 18.8 Å². The summed E-state index contributed by atoms with van der Waals surface area (Å²) in [7, 11) is 1.92. The second-order valence-electron chi connectivity index (χ2n) is 6.96. The first-order valence-electron chi connectivity index (χ1n) is 9.09. The molecule has 0 aliphatic carbocycles. The number of nitrogens with one attached hydrogen (secondary N) is 1. The minimum atomic E-state index is -0.122. The van der Waals surface area contributed by atoms with E-state index >= 15 is 0 Å². The molecule has 0 radical (unpaired) electrons. The van der Waals surface area contributed by atoms with E-state index in [-0.39, 0.29) is 23.9 Å². The van der Waals surface area contributed by atoms with Crippen molar-refractivity contribution in [2.24, 2.45) is 7.05 Å². The number of nitrogens with zero attached hydrogens (tertiary/aromatic N) is 4. The summed E-state index contributed by atoms with van der Waals surface area (Å²) in [6, 6.07) is 7.21. The number of rotatable bonds is 6. The maximum absolute atomic E-state index is 12.5. The highest BCUT2D eigenvalue weighted by Gasteiger charge is 2.15. The van der Waals surface area contributed by atoms with Crippen LogP contribution in [0.15, 0.2) is 35.4 Å². The lowest BCUT2D eigenvalue weighted by Crippen LogP contribution is -2.35. The number of hydrogen-bond acceptors (Lipinski definition) is 4. The molecule has 0 aliphatic heterocycles. The lowest BCUT2D eigenvalue weighted by molar-refractivity contribution is -0.121. The maximum Gasteiger partial charge on any atom is 0.261 e. The highest BCUT2D eigenvalue weighted by atomic mass is 16.2. The van der Waals surface area contributed by atoms with Gasteiger partial charge in [0.25, 0.3) is 5.56 Å². The van der Waals surface area contributed by atoms with Crippen molar-refractivity contribution in [1.29, 1.82) is 0 Å². The second-order valence-corrected chi connectivity index (χ2v) is 6.96. The summed E-state index contributed by atoms with van der Waals surface area (Å²) in [6.07, 6.45) is 2.47. The van der Waals surface area contributed by atoms with Crippen LogP contribution in [0.1, 0.15) is 30.3 Å². The number of fused-ring (bicyclic) bond motifs is 1. The molecular formula is C20H25N5O2. The smallest absolute Gasteiger partial charge is 0.261 e. The van der Waals surface area contributed by atoms with Crippen molar-refractivity contribution in [1.82, 2.24) is 24.6 Å². The van der Waals surface area contributed by atoms with Crippen molar-refractivity contribution >= 4 is 16.8 Å². The van der Waals surface area contributed by atoms with Crippen LogP contribution in [0.4, 0.5) is 0 Å². The number of carbonyl (C=O) groups excluding carboxylic acids is 1. The molecule has 3 rings (SSSR count). The Morgan fingerprint density at radius 1 is 1.26 bits per heavy atom. The lowest BCUT2D eigenvalue weighted by Gasteiger charge is -2.15. The van der Waals surface area contributed by atoms with Crippen molar-refractivity contribution in [3.8, 4) is 0 Å². The first kappa shape index (κ1) is 18.8. The summed E-state index contributed by atoms with van der Waals surface area (Å²) < 4.78 is 3.35. The molecule has 7 nitrogen and oxygen atoms in total. The predicted molar refractivity (Wildman–Crippen MR) is 105 cm³/mol. The zero-order valence-corrected chi connectivity index (χ0v) is 16.2. The van der Waals surface area contributed by atoms with Crippen LogP contribution in [-0.4, -0.2) is 31.3 Å². The van der Waals surface area contributed by atoms with E-state index in [0.29, 0.717) is 17.4 Å². The van der Waals surface area contributed by atoms with Gasteiger partial charge in [0.1, 0.15) is 0 Å². The summed E-state index contributed by atoms with van der Waals surface area (Å²) >= 11 is 0. The summed E-state index contributed by atoms with van der Waals surface area (Å²) in [5.41, 5.74) is 3.81. The Hall–Kier alpha value is -2.96. The number of hydrogen-bond donors (Lipinski definition) is 1. The van der Waals surface area contributed by atoms with Crippen LogP contribution in [-0.2, 0) is 24.8 Å². The van der Waals surface area contributed by atoms with Gasteiger partial charge in [-0.15, -0.1) is 0 Å². The molecule has 142 valence electrons. The van der Waals surface area contributed by atoms with E-state index in [1.165, 1.54) is 16.5 Å². The fraction of sp³-hybridized carbons (Fsp3) is 0.400. The lowest BCUT2D eigenvalue weighted by atomic mass is 10.1. The highest BCUT2D eigenvalue weighted by molar-refractivity contribution is 5.77. The molecule has 2 aromatic heterocycles. The summed E-state index contributed by atoms with van der Waals surface area (Å²) in [4.78, 5) is 29.0. The van der Waals surface area contributed by atoms with Gasteiger partial charge in [-0.25, -0.2) is 4.98 Å². The van der Waals surface area contributed by atoms with Gasteiger partial charge >= 0.3 is 0 Å².